The van der Waals surface area contributed by atoms with Gasteiger partial charge >= 0.3 is 0 Å². The molecule has 0 spiro atoms. The average molecular weight is 304 g/mol. The van der Waals surface area contributed by atoms with Crippen LogP contribution in [0.2, 0.25) is 10.0 Å². The van der Waals surface area contributed by atoms with Crippen molar-refractivity contribution in [2.75, 3.05) is 13.1 Å². The lowest BCUT2D eigenvalue weighted by Crippen LogP contribution is -2.47. The van der Waals surface area contributed by atoms with Crippen LogP contribution in [0.4, 0.5) is 0 Å². The molecule has 1 aromatic carbocycles. The van der Waals surface area contributed by atoms with Gasteiger partial charge < -0.3 is 9.64 Å². The highest BCUT2D eigenvalue weighted by molar-refractivity contribution is 7.80. The van der Waals surface area contributed by atoms with Crippen LogP contribution in [0.5, 0.6) is 0 Å². The average Bonchev–Trinajstić information content (AvgIpc) is 2.30. The zero-order valence-electron chi connectivity index (χ0n) is 10.3. The number of thiocarbonyl (C=S) groups is 1. The van der Waals surface area contributed by atoms with Gasteiger partial charge in [0.2, 0.25) is 0 Å². The molecule has 2 rings (SSSR count). The molecule has 5 heteroatoms. The van der Waals surface area contributed by atoms with Gasteiger partial charge in [-0.1, -0.05) is 41.5 Å². The second-order valence-corrected chi connectivity index (χ2v) is 5.80. The highest BCUT2D eigenvalue weighted by Crippen LogP contribution is 2.24. The maximum atomic E-state index is 6.02. The Morgan fingerprint density at radius 3 is 2.39 bits per heavy atom. The molecule has 1 aromatic rings. The second kappa shape index (κ2) is 5.74. The first-order valence-corrected chi connectivity index (χ1v) is 7.03. The maximum absolute atomic E-state index is 6.02. The minimum atomic E-state index is 0.189. The fraction of sp³-hybridized carbons (Fsp3) is 0.462. The molecule has 1 aliphatic heterocycles. The van der Waals surface area contributed by atoms with Gasteiger partial charge in [-0.05, 0) is 26.0 Å². The Labute approximate surface area is 123 Å². The molecule has 1 aliphatic rings. The molecule has 0 saturated carbocycles. The van der Waals surface area contributed by atoms with Crippen molar-refractivity contribution in [1.82, 2.24) is 4.90 Å². The SMILES string of the molecule is C[C@@H]1CN(C(=S)c2ccc(Cl)c(Cl)c2)C[C@H](C)O1. The molecular formula is C13H15Cl2NOS. The molecule has 0 amide bonds. The molecule has 1 heterocycles. The monoisotopic (exact) mass is 303 g/mol. The van der Waals surface area contributed by atoms with E-state index in [0.29, 0.717) is 10.0 Å². The predicted molar refractivity (Wildman–Crippen MR) is 79.7 cm³/mol. The van der Waals surface area contributed by atoms with Crippen LogP contribution >= 0.6 is 35.4 Å². The van der Waals surface area contributed by atoms with Gasteiger partial charge in [0.1, 0.15) is 4.99 Å². The van der Waals surface area contributed by atoms with Crippen LogP contribution in [0.3, 0.4) is 0 Å². The van der Waals surface area contributed by atoms with Gasteiger partial charge in [-0.15, -0.1) is 0 Å². The van der Waals surface area contributed by atoms with Crippen molar-refractivity contribution in [2.24, 2.45) is 0 Å². The number of morpholine rings is 1. The fourth-order valence-corrected chi connectivity index (χ4v) is 2.73. The highest BCUT2D eigenvalue weighted by atomic mass is 35.5. The Morgan fingerprint density at radius 2 is 1.83 bits per heavy atom. The Hall–Kier alpha value is -0.350. The van der Waals surface area contributed by atoms with Crippen LogP contribution < -0.4 is 0 Å². The van der Waals surface area contributed by atoms with Crippen molar-refractivity contribution in [3.8, 4) is 0 Å². The van der Waals surface area contributed by atoms with Gasteiger partial charge in [0, 0.05) is 18.7 Å². The van der Waals surface area contributed by atoms with E-state index in [9.17, 15) is 0 Å². The van der Waals surface area contributed by atoms with Crippen molar-refractivity contribution < 1.29 is 4.74 Å². The Balaban J connectivity index is 2.17. The van der Waals surface area contributed by atoms with Crippen LogP contribution in [-0.2, 0) is 4.74 Å². The summed E-state index contributed by atoms with van der Waals surface area (Å²) in [4.78, 5) is 2.96. The molecule has 0 N–H and O–H groups in total. The van der Waals surface area contributed by atoms with Gasteiger partial charge in [0.05, 0.1) is 22.3 Å². The number of rotatable bonds is 1. The molecule has 2 nitrogen and oxygen atoms in total. The van der Waals surface area contributed by atoms with Crippen LogP contribution in [-0.4, -0.2) is 35.2 Å². The lowest BCUT2D eigenvalue weighted by molar-refractivity contribution is -0.0472. The summed E-state index contributed by atoms with van der Waals surface area (Å²) in [6.07, 6.45) is 0.379. The summed E-state index contributed by atoms with van der Waals surface area (Å²) < 4.78 is 5.70. The molecule has 0 aliphatic carbocycles. The zero-order chi connectivity index (χ0) is 13.3. The topological polar surface area (TPSA) is 12.5 Å². The van der Waals surface area contributed by atoms with Crippen molar-refractivity contribution in [3.05, 3.63) is 33.8 Å². The minimum Gasteiger partial charge on any atom is -0.372 e. The normalized spacial score (nSPS) is 24.1. The Kier molecular flexibility index (Phi) is 4.49. The molecule has 1 fully saturated rings. The minimum absolute atomic E-state index is 0.189. The third-order valence-corrected chi connectivity index (χ3v) is 4.11. The van der Waals surface area contributed by atoms with E-state index in [4.69, 9.17) is 40.2 Å². The van der Waals surface area contributed by atoms with Crippen molar-refractivity contribution >= 4 is 40.4 Å². The number of ether oxygens (including phenoxy) is 1. The molecule has 1 saturated heterocycles. The van der Waals surface area contributed by atoms with E-state index in [2.05, 4.69) is 18.7 Å². The zero-order valence-corrected chi connectivity index (χ0v) is 12.6. The van der Waals surface area contributed by atoms with Crippen molar-refractivity contribution in [1.29, 1.82) is 0 Å². The summed E-state index contributed by atoms with van der Waals surface area (Å²) >= 11 is 17.4. The van der Waals surface area contributed by atoms with Gasteiger partial charge in [-0.2, -0.15) is 0 Å². The largest absolute Gasteiger partial charge is 0.372 e. The molecule has 0 unspecified atom stereocenters. The third kappa shape index (κ3) is 3.15. The third-order valence-electron chi connectivity index (χ3n) is 2.87. The summed E-state index contributed by atoms with van der Waals surface area (Å²) in [7, 11) is 0. The van der Waals surface area contributed by atoms with Crippen LogP contribution in [0, 0.1) is 0 Å². The fourth-order valence-electron chi connectivity index (χ4n) is 2.16. The van der Waals surface area contributed by atoms with Crippen LogP contribution in [0.1, 0.15) is 19.4 Å². The first-order valence-electron chi connectivity index (χ1n) is 5.87. The second-order valence-electron chi connectivity index (χ2n) is 4.60. The number of halogens is 2. The Bertz CT molecular complexity index is 456. The number of benzene rings is 1. The quantitative estimate of drug-likeness (QED) is 0.733. The van der Waals surface area contributed by atoms with Crippen molar-refractivity contribution in [2.45, 2.75) is 26.1 Å². The highest BCUT2D eigenvalue weighted by Gasteiger charge is 2.24. The van der Waals surface area contributed by atoms with E-state index in [0.717, 1.165) is 23.6 Å². The lowest BCUT2D eigenvalue weighted by atomic mass is 10.1. The van der Waals surface area contributed by atoms with E-state index in [-0.39, 0.29) is 12.2 Å². The van der Waals surface area contributed by atoms with Crippen molar-refractivity contribution in [3.63, 3.8) is 0 Å². The van der Waals surface area contributed by atoms with E-state index >= 15 is 0 Å². The molecule has 0 bridgehead atoms. The predicted octanol–water partition coefficient (Wildman–Crippen LogP) is 3.78. The van der Waals surface area contributed by atoms with Crippen LogP contribution in [0.25, 0.3) is 0 Å². The van der Waals surface area contributed by atoms with E-state index in [1.54, 1.807) is 6.07 Å². The molecule has 2 atom stereocenters. The van der Waals surface area contributed by atoms with Gasteiger partial charge in [0.15, 0.2) is 0 Å². The van der Waals surface area contributed by atoms with Gasteiger partial charge in [-0.3, -0.25) is 0 Å². The summed E-state index contributed by atoms with van der Waals surface area (Å²) in [5.41, 5.74) is 0.931. The molecule has 98 valence electrons. The lowest BCUT2D eigenvalue weighted by Gasteiger charge is -2.37. The van der Waals surface area contributed by atoms with E-state index in [1.165, 1.54) is 0 Å². The number of hydrogen-bond acceptors (Lipinski definition) is 2. The van der Waals surface area contributed by atoms with Gasteiger partial charge in [0.25, 0.3) is 0 Å². The maximum Gasteiger partial charge on any atom is 0.109 e. The first-order chi connectivity index (χ1) is 8.47. The standard InChI is InChI=1S/C13H15Cl2NOS/c1-8-6-16(7-9(2)17-8)13(18)10-3-4-11(14)12(15)5-10/h3-5,8-9H,6-7H2,1-2H3/t8-,9+. The van der Waals surface area contributed by atoms with Gasteiger partial charge in [-0.25, -0.2) is 0 Å². The summed E-state index contributed by atoms with van der Waals surface area (Å²) in [6.45, 7) is 5.73. The smallest absolute Gasteiger partial charge is 0.109 e. The van der Waals surface area contributed by atoms with E-state index < -0.39 is 0 Å². The molecule has 0 radical (unpaired) electrons. The Morgan fingerprint density at radius 1 is 1.22 bits per heavy atom. The molecular weight excluding hydrogens is 289 g/mol. The van der Waals surface area contributed by atoms with Crippen LogP contribution in [0.15, 0.2) is 18.2 Å². The number of hydrogen-bond donors (Lipinski definition) is 0. The van der Waals surface area contributed by atoms with E-state index in [1.807, 2.05) is 12.1 Å². The summed E-state index contributed by atoms with van der Waals surface area (Å²) in [5, 5.41) is 1.08. The first kappa shape index (κ1) is 14.1. The molecule has 0 aromatic heterocycles. The summed E-state index contributed by atoms with van der Waals surface area (Å²) in [5.74, 6) is 0. The molecule has 18 heavy (non-hydrogen) atoms. The number of nitrogens with zero attached hydrogens (tertiary/aromatic N) is 1. The summed E-state index contributed by atoms with van der Waals surface area (Å²) in [6, 6.07) is 5.50.